The Hall–Kier alpha value is -2.30. The molecule has 0 bridgehead atoms. The summed E-state index contributed by atoms with van der Waals surface area (Å²) in [7, 11) is -2.13. The summed E-state index contributed by atoms with van der Waals surface area (Å²) in [5.74, 6) is -0.981. The molecule has 0 N–H and O–H groups in total. The highest BCUT2D eigenvalue weighted by molar-refractivity contribution is 9.10. The fourth-order valence-corrected chi connectivity index (χ4v) is 4.51. The molecule has 1 amide bonds. The number of benzene rings is 2. The molecule has 1 heterocycles. The fourth-order valence-electron chi connectivity index (χ4n) is 2.46. The summed E-state index contributed by atoms with van der Waals surface area (Å²) in [5, 5.41) is 0. The summed E-state index contributed by atoms with van der Waals surface area (Å²) in [5.41, 5.74) is 0.979. The predicted molar refractivity (Wildman–Crippen MR) is 109 cm³/mol. The summed E-state index contributed by atoms with van der Waals surface area (Å²) in [6.07, 6.45) is 1.12. The van der Waals surface area contributed by atoms with E-state index in [9.17, 15) is 18.0 Å². The van der Waals surface area contributed by atoms with Gasteiger partial charge >= 0.3 is 5.97 Å². The van der Waals surface area contributed by atoms with Crippen molar-refractivity contribution in [1.82, 2.24) is 4.57 Å². The lowest BCUT2D eigenvalue weighted by Crippen LogP contribution is -2.22. The third-order valence-corrected chi connectivity index (χ3v) is 6.57. The van der Waals surface area contributed by atoms with Gasteiger partial charge < -0.3 is 9.30 Å². The molecule has 0 saturated carbocycles. The molecule has 0 atom stereocenters. The molecule has 10 heteroatoms. The minimum atomic E-state index is -3.39. The largest absolute Gasteiger partial charge is 0.468 e. The molecular formula is C18H15BrN2O5S2. The van der Waals surface area contributed by atoms with Crippen molar-refractivity contribution in [3.05, 3.63) is 57.3 Å². The van der Waals surface area contributed by atoms with Crippen molar-refractivity contribution in [3.63, 3.8) is 0 Å². The van der Waals surface area contributed by atoms with Gasteiger partial charge in [0.15, 0.2) is 14.6 Å². The molecule has 1 aromatic heterocycles. The Labute approximate surface area is 173 Å². The molecule has 0 radical (unpaired) electrons. The van der Waals surface area contributed by atoms with E-state index in [0.717, 1.165) is 22.1 Å². The van der Waals surface area contributed by atoms with Crippen LogP contribution in [0.4, 0.5) is 0 Å². The second-order valence-electron chi connectivity index (χ2n) is 5.87. The average molecular weight is 483 g/mol. The number of halogens is 1. The number of ether oxygens (including phenoxy) is 1. The Bertz CT molecular complexity index is 1240. The van der Waals surface area contributed by atoms with Gasteiger partial charge in [0.1, 0.15) is 6.54 Å². The lowest BCUT2D eigenvalue weighted by Gasteiger charge is -2.04. The molecule has 0 fully saturated rings. The summed E-state index contributed by atoms with van der Waals surface area (Å²) in [6, 6.07) is 11.3. The van der Waals surface area contributed by atoms with E-state index in [0.29, 0.717) is 15.8 Å². The molecule has 3 aromatic rings. The van der Waals surface area contributed by atoms with E-state index in [1.807, 2.05) is 0 Å². The highest BCUT2D eigenvalue weighted by Crippen LogP contribution is 2.22. The number of methoxy groups -OCH3 is 1. The van der Waals surface area contributed by atoms with E-state index in [-0.39, 0.29) is 16.2 Å². The average Bonchev–Trinajstić information content (AvgIpc) is 2.97. The number of carbonyl (C=O) groups excluding carboxylic acids is 2. The number of aromatic nitrogens is 1. The molecule has 0 unspecified atom stereocenters. The Kier molecular flexibility index (Phi) is 5.82. The van der Waals surface area contributed by atoms with Crippen LogP contribution in [-0.4, -0.2) is 38.2 Å². The quantitative estimate of drug-likeness (QED) is 0.532. The predicted octanol–water partition coefficient (Wildman–Crippen LogP) is 2.78. The van der Waals surface area contributed by atoms with Gasteiger partial charge in [-0.25, -0.2) is 8.42 Å². The summed E-state index contributed by atoms with van der Waals surface area (Å²) in [4.78, 5) is 28.9. The van der Waals surface area contributed by atoms with Gasteiger partial charge in [0.05, 0.1) is 22.2 Å². The zero-order valence-electron chi connectivity index (χ0n) is 14.9. The minimum absolute atomic E-state index is 0.150. The molecule has 0 saturated heterocycles. The molecule has 146 valence electrons. The van der Waals surface area contributed by atoms with Gasteiger partial charge in [-0.15, -0.1) is 0 Å². The van der Waals surface area contributed by atoms with Crippen LogP contribution in [0.1, 0.15) is 10.4 Å². The van der Waals surface area contributed by atoms with Gasteiger partial charge in [-0.05, 0) is 42.5 Å². The van der Waals surface area contributed by atoms with Crippen molar-refractivity contribution in [2.75, 3.05) is 13.4 Å². The van der Waals surface area contributed by atoms with Gasteiger partial charge in [0, 0.05) is 16.3 Å². The third kappa shape index (κ3) is 4.40. The fraction of sp³-hybridized carbons (Fsp3) is 0.167. The first kappa shape index (κ1) is 20.4. The van der Waals surface area contributed by atoms with Crippen LogP contribution in [-0.2, 0) is 25.9 Å². The van der Waals surface area contributed by atoms with Gasteiger partial charge in [0.2, 0.25) is 0 Å². The first-order valence-electron chi connectivity index (χ1n) is 7.94. The number of hydrogen-bond acceptors (Lipinski definition) is 6. The standard InChI is InChI=1S/C18H15BrN2O5S2/c1-26-16(22)10-21-14-8-7-13(28(2,24)25)9-15(14)27-18(21)20-17(23)11-3-5-12(19)6-4-11/h3-9H,10H2,1-2H3. The Morgan fingerprint density at radius 3 is 2.46 bits per heavy atom. The number of sulfone groups is 1. The van der Waals surface area contributed by atoms with Crippen molar-refractivity contribution < 1.29 is 22.7 Å². The third-order valence-electron chi connectivity index (χ3n) is 3.89. The van der Waals surface area contributed by atoms with Crippen LogP contribution in [0.15, 0.2) is 56.8 Å². The molecular weight excluding hydrogens is 468 g/mol. The molecule has 0 spiro atoms. The molecule has 2 aromatic carbocycles. The summed E-state index contributed by atoms with van der Waals surface area (Å²) >= 11 is 4.44. The number of esters is 1. The minimum Gasteiger partial charge on any atom is -0.468 e. The van der Waals surface area contributed by atoms with Crippen LogP contribution in [0.2, 0.25) is 0 Å². The monoisotopic (exact) mass is 482 g/mol. The molecule has 28 heavy (non-hydrogen) atoms. The molecule has 0 aliphatic carbocycles. The SMILES string of the molecule is COC(=O)Cn1c(=NC(=O)c2ccc(Br)cc2)sc2cc(S(C)(=O)=O)ccc21. The summed E-state index contributed by atoms with van der Waals surface area (Å²) in [6.45, 7) is -0.152. The highest BCUT2D eigenvalue weighted by Gasteiger charge is 2.15. The first-order chi connectivity index (χ1) is 13.2. The van der Waals surface area contributed by atoms with Crippen LogP contribution in [0, 0.1) is 0 Å². The van der Waals surface area contributed by atoms with Crippen LogP contribution < -0.4 is 4.80 Å². The van der Waals surface area contributed by atoms with Crippen molar-refractivity contribution in [2.45, 2.75) is 11.4 Å². The van der Waals surface area contributed by atoms with Crippen molar-refractivity contribution >= 4 is 59.2 Å². The smallest absolute Gasteiger partial charge is 0.325 e. The van der Waals surface area contributed by atoms with E-state index in [4.69, 9.17) is 4.74 Å². The first-order valence-corrected chi connectivity index (χ1v) is 11.4. The number of rotatable bonds is 4. The number of nitrogens with zero attached hydrogens (tertiary/aromatic N) is 2. The zero-order valence-corrected chi connectivity index (χ0v) is 18.1. The topological polar surface area (TPSA) is 94.8 Å². The van der Waals surface area contributed by atoms with E-state index in [1.165, 1.54) is 23.8 Å². The zero-order chi connectivity index (χ0) is 20.5. The van der Waals surface area contributed by atoms with E-state index in [1.54, 1.807) is 30.3 Å². The highest BCUT2D eigenvalue weighted by atomic mass is 79.9. The second-order valence-corrected chi connectivity index (χ2v) is 9.81. The number of thiazole rings is 1. The van der Waals surface area contributed by atoms with Crippen LogP contribution in [0.3, 0.4) is 0 Å². The lowest BCUT2D eigenvalue weighted by molar-refractivity contribution is -0.141. The van der Waals surface area contributed by atoms with E-state index >= 15 is 0 Å². The Balaban J connectivity index is 2.18. The van der Waals surface area contributed by atoms with Crippen LogP contribution in [0.5, 0.6) is 0 Å². The van der Waals surface area contributed by atoms with Gasteiger partial charge in [-0.3, -0.25) is 9.59 Å². The number of fused-ring (bicyclic) bond motifs is 1. The maximum atomic E-state index is 12.5. The van der Waals surface area contributed by atoms with Crippen molar-refractivity contribution in [1.29, 1.82) is 0 Å². The van der Waals surface area contributed by atoms with Gasteiger partial charge in [0.25, 0.3) is 5.91 Å². The van der Waals surface area contributed by atoms with E-state index < -0.39 is 21.7 Å². The molecule has 0 aliphatic rings. The maximum Gasteiger partial charge on any atom is 0.325 e. The molecule has 7 nitrogen and oxygen atoms in total. The summed E-state index contributed by atoms with van der Waals surface area (Å²) < 4.78 is 31.3. The number of hydrogen-bond donors (Lipinski definition) is 0. The second kappa shape index (κ2) is 7.98. The van der Waals surface area contributed by atoms with Gasteiger partial charge in [-0.1, -0.05) is 27.3 Å². The van der Waals surface area contributed by atoms with Gasteiger partial charge in [-0.2, -0.15) is 4.99 Å². The van der Waals surface area contributed by atoms with Crippen LogP contribution in [0.25, 0.3) is 10.2 Å². The normalized spacial score (nSPS) is 12.3. The van der Waals surface area contributed by atoms with Crippen LogP contribution >= 0.6 is 27.3 Å². The van der Waals surface area contributed by atoms with Crippen molar-refractivity contribution in [3.8, 4) is 0 Å². The Morgan fingerprint density at radius 1 is 1.18 bits per heavy atom. The van der Waals surface area contributed by atoms with E-state index in [2.05, 4.69) is 20.9 Å². The molecule has 3 rings (SSSR count). The lowest BCUT2D eigenvalue weighted by atomic mass is 10.2. The number of carbonyl (C=O) groups is 2. The Morgan fingerprint density at radius 2 is 1.86 bits per heavy atom. The number of amides is 1. The van der Waals surface area contributed by atoms with Crippen molar-refractivity contribution in [2.24, 2.45) is 4.99 Å². The molecule has 0 aliphatic heterocycles. The maximum absolute atomic E-state index is 12.5.